The van der Waals surface area contributed by atoms with E-state index in [1.54, 1.807) is 24.3 Å². The number of para-hydroxylation sites is 1. The summed E-state index contributed by atoms with van der Waals surface area (Å²) < 4.78 is 5.17. The molecule has 0 spiro atoms. The molecule has 1 aliphatic rings. The molecule has 6 heteroatoms. The zero-order valence-corrected chi connectivity index (χ0v) is 12.0. The van der Waals surface area contributed by atoms with E-state index in [9.17, 15) is 19.8 Å². The predicted octanol–water partition coefficient (Wildman–Crippen LogP) is 0.752. The van der Waals surface area contributed by atoms with Crippen LogP contribution in [0.4, 0.5) is 0 Å². The second-order valence-electron chi connectivity index (χ2n) is 5.70. The number of benzene rings is 1. The molecule has 2 heterocycles. The van der Waals surface area contributed by atoms with Gasteiger partial charge in [0.05, 0.1) is 13.2 Å². The van der Waals surface area contributed by atoms with Gasteiger partial charge in [-0.25, -0.2) is 4.79 Å². The molecular formula is C16H17NO5. The highest BCUT2D eigenvalue weighted by molar-refractivity contribution is 5.96. The number of hydrogen-bond donors (Lipinski definition) is 2. The number of β-amino-alcohol motifs (C(OH)–C–C–N with tert-alkyl or cyclic N) is 1. The van der Waals surface area contributed by atoms with Crippen molar-refractivity contribution in [3.8, 4) is 0 Å². The normalized spacial score (nSPS) is 22.0. The molecule has 0 aliphatic carbocycles. The number of aliphatic hydroxyl groups is 2. The maximum Gasteiger partial charge on any atom is 0.349 e. The summed E-state index contributed by atoms with van der Waals surface area (Å²) in [4.78, 5) is 26.0. The third-order valence-corrected chi connectivity index (χ3v) is 4.01. The minimum absolute atomic E-state index is 0.00853. The monoisotopic (exact) mass is 303 g/mol. The molecule has 22 heavy (non-hydrogen) atoms. The van der Waals surface area contributed by atoms with E-state index in [-0.39, 0.29) is 12.1 Å². The van der Waals surface area contributed by atoms with E-state index in [1.807, 2.05) is 0 Å². The van der Waals surface area contributed by atoms with Crippen molar-refractivity contribution in [1.29, 1.82) is 0 Å². The summed E-state index contributed by atoms with van der Waals surface area (Å²) in [5.74, 6) is -0.480. The van der Waals surface area contributed by atoms with E-state index in [4.69, 9.17) is 4.42 Å². The van der Waals surface area contributed by atoms with Crippen LogP contribution < -0.4 is 5.63 Å². The zero-order chi connectivity index (χ0) is 15.7. The first-order valence-electron chi connectivity index (χ1n) is 7.18. The van der Waals surface area contributed by atoms with E-state index in [0.29, 0.717) is 30.4 Å². The number of piperidine rings is 1. The van der Waals surface area contributed by atoms with Crippen LogP contribution in [0.25, 0.3) is 11.0 Å². The van der Waals surface area contributed by atoms with Crippen LogP contribution in [0.15, 0.2) is 39.5 Å². The van der Waals surface area contributed by atoms with Crippen molar-refractivity contribution < 1.29 is 19.4 Å². The number of aliphatic hydroxyl groups excluding tert-OH is 1. The highest BCUT2D eigenvalue weighted by Crippen LogP contribution is 2.22. The predicted molar refractivity (Wildman–Crippen MR) is 79.7 cm³/mol. The fraction of sp³-hybridized carbons (Fsp3) is 0.375. The molecule has 6 nitrogen and oxygen atoms in total. The van der Waals surface area contributed by atoms with Crippen molar-refractivity contribution in [3.05, 3.63) is 46.3 Å². The molecule has 0 saturated carbocycles. The topological polar surface area (TPSA) is 91.0 Å². The number of carbonyl (C=O) groups excluding carboxylic acids is 1. The number of nitrogens with zero attached hydrogens (tertiary/aromatic N) is 1. The van der Waals surface area contributed by atoms with Crippen LogP contribution in [0.1, 0.15) is 23.2 Å². The summed E-state index contributed by atoms with van der Waals surface area (Å²) in [5, 5.41) is 20.1. The smallest absolute Gasteiger partial charge is 0.349 e. The number of rotatable bonds is 2. The van der Waals surface area contributed by atoms with Crippen LogP contribution in [0.5, 0.6) is 0 Å². The maximum absolute atomic E-state index is 12.5. The van der Waals surface area contributed by atoms with E-state index in [2.05, 4.69) is 0 Å². The number of fused-ring (bicyclic) bond motifs is 1. The van der Waals surface area contributed by atoms with Gasteiger partial charge in [0.25, 0.3) is 5.91 Å². The molecule has 1 aliphatic heterocycles. The molecule has 1 aromatic heterocycles. The molecule has 2 aromatic rings. The van der Waals surface area contributed by atoms with Crippen LogP contribution >= 0.6 is 0 Å². The van der Waals surface area contributed by atoms with Crippen LogP contribution in [0.2, 0.25) is 0 Å². The maximum atomic E-state index is 12.5. The first-order chi connectivity index (χ1) is 10.5. The summed E-state index contributed by atoms with van der Waals surface area (Å²) in [6, 6.07) is 8.47. The van der Waals surface area contributed by atoms with Crippen molar-refractivity contribution in [3.63, 3.8) is 0 Å². The summed E-state index contributed by atoms with van der Waals surface area (Å²) in [5.41, 5.74) is -1.62. The summed E-state index contributed by atoms with van der Waals surface area (Å²) in [6.45, 7) is 0.0329. The lowest BCUT2D eigenvalue weighted by Crippen LogP contribution is -2.52. The Morgan fingerprint density at radius 2 is 2.14 bits per heavy atom. The minimum atomic E-state index is -1.30. The van der Waals surface area contributed by atoms with Crippen LogP contribution in [-0.4, -0.2) is 46.3 Å². The lowest BCUT2D eigenvalue weighted by Gasteiger charge is -2.37. The number of amides is 1. The fourth-order valence-electron chi connectivity index (χ4n) is 2.80. The molecule has 1 atom stereocenters. The average molecular weight is 303 g/mol. The van der Waals surface area contributed by atoms with Gasteiger partial charge in [0.2, 0.25) is 0 Å². The zero-order valence-electron chi connectivity index (χ0n) is 12.0. The third kappa shape index (κ3) is 2.63. The Bertz CT molecular complexity index is 768. The Morgan fingerprint density at radius 1 is 1.36 bits per heavy atom. The minimum Gasteiger partial charge on any atom is -0.422 e. The van der Waals surface area contributed by atoms with Gasteiger partial charge in [0.1, 0.15) is 16.7 Å². The highest BCUT2D eigenvalue weighted by atomic mass is 16.4. The molecule has 2 N–H and O–H groups in total. The third-order valence-electron chi connectivity index (χ3n) is 4.01. The second-order valence-corrected chi connectivity index (χ2v) is 5.70. The van der Waals surface area contributed by atoms with E-state index in [0.717, 1.165) is 0 Å². The number of likely N-dealkylation sites (tertiary alicyclic amines) is 1. The number of carbonyl (C=O) groups is 1. The van der Waals surface area contributed by atoms with Gasteiger partial charge in [0.15, 0.2) is 0 Å². The molecule has 1 amide bonds. The number of hydrogen-bond acceptors (Lipinski definition) is 5. The standard InChI is InChI=1S/C16H17NO5/c18-10-16(21)6-3-7-17(9-16)14(19)12-8-11-4-1-2-5-13(11)22-15(12)20/h1-2,4-5,8,18,21H,3,6-7,9-10H2. The van der Waals surface area contributed by atoms with Crippen molar-refractivity contribution in [1.82, 2.24) is 4.90 Å². The molecule has 0 bridgehead atoms. The van der Waals surface area contributed by atoms with E-state index < -0.39 is 23.7 Å². The lowest BCUT2D eigenvalue weighted by molar-refractivity contribution is -0.0599. The van der Waals surface area contributed by atoms with Gasteiger partial charge in [-0.1, -0.05) is 18.2 Å². The lowest BCUT2D eigenvalue weighted by atomic mass is 9.93. The summed E-state index contributed by atoms with van der Waals surface area (Å²) in [6.07, 6.45) is 1.00. The molecule has 0 radical (unpaired) electrons. The first kappa shape index (κ1) is 14.7. The molecular weight excluding hydrogens is 286 g/mol. The molecule has 3 rings (SSSR count). The molecule has 1 unspecified atom stereocenters. The highest BCUT2D eigenvalue weighted by Gasteiger charge is 2.35. The van der Waals surface area contributed by atoms with Crippen LogP contribution in [-0.2, 0) is 0 Å². The van der Waals surface area contributed by atoms with Crippen molar-refractivity contribution in [2.45, 2.75) is 18.4 Å². The van der Waals surface area contributed by atoms with E-state index in [1.165, 1.54) is 11.0 Å². The molecule has 1 fully saturated rings. The van der Waals surface area contributed by atoms with Gasteiger partial charge in [-0.05, 0) is 25.0 Å². The first-order valence-corrected chi connectivity index (χ1v) is 7.18. The Hall–Kier alpha value is -2.18. The van der Waals surface area contributed by atoms with Crippen LogP contribution in [0.3, 0.4) is 0 Å². The van der Waals surface area contributed by atoms with Crippen molar-refractivity contribution >= 4 is 16.9 Å². The SMILES string of the molecule is O=C(c1cc2ccccc2oc1=O)N1CCCC(O)(CO)C1. The van der Waals surface area contributed by atoms with Gasteiger partial charge in [-0.15, -0.1) is 0 Å². The van der Waals surface area contributed by atoms with Gasteiger partial charge in [-0.3, -0.25) is 4.79 Å². The second kappa shape index (κ2) is 5.55. The molecule has 1 saturated heterocycles. The van der Waals surface area contributed by atoms with Gasteiger partial charge < -0.3 is 19.5 Å². The Morgan fingerprint density at radius 3 is 2.91 bits per heavy atom. The van der Waals surface area contributed by atoms with Crippen LogP contribution in [0, 0.1) is 0 Å². The van der Waals surface area contributed by atoms with Crippen molar-refractivity contribution in [2.24, 2.45) is 0 Å². The fourth-order valence-corrected chi connectivity index (χ4v) is 2.80. The molecule has 116 valence electrons. The summed E-state index contributed by atoms with van der Waals surface area (Å²) >= 11 is 0. The van der Waals surface area contributed by atoms with Gasteiger partial charge in [-0.2, -0.15) is 0 Å². The molecule has 1 aromatic carbocycles. The van der Waals surface area contributed by atoms with Gasteiger partial charge in [0, 0.05) is 11.9 Å². The Balaban J connectivity index is 1.95. The summed E-state index contributed by atoms with van der Waals surface area (Å²) in [7, 11) is 0. The van der Waals surface area contributed by atoms with E-state index >= 15 is 0 Å². The van der Waals surface area contributed by atoms with Crippen molar-refractivity contribution in [2.75, 3.05) is 19.7 Å². The quantitative estimate of drug-likeness (QED) is 0.799. The Kier molecular flexibility index (Phi) is 3.72. The van der Waals surface area contributed by atoms with Gasteiger partial charge >= 0.3 is 5.63 Å². The largest absolute Gasteiger partial charge is 0.422 e. The average Bonchev–Trinajstić information content (AvgIpc) is 2.53. The Labute approximate surface area is 126 Å².